The molecule has 0 amide bonds. The van der Waals surface area contributed by atoms with Gasteiger partial charge in [-0.1, -0.05) is 31.5 Å². The molecule has 6 heteroatoms. The molecular weight excluding hydrogens is 258 g/mol. The summed E-state index contributed by atoms with van der Waals surface area (Å²) in [5.41, 5.74) is 2.29. The number of nitrogens with one attached hydrogen (secondary N) is 1. The standard InChI is InChI=1S/C14H15N3O3/c1-8(2)11-12(13-16-20-14(18)17(13)15-11)19-10-6-4-9(3)5-7-10/h4-8,16H,1-3H3. The van der Waals surface area contributed by atoms with Crippen molar-refractivity contribution in [1.82, 2.24) is 14.8 Å². The number of hydrogen-bond acceptors (Lipinski definition) is 4. The highest BCUT2D eigenvalue weighted by Crippen LogP contribution is 2.32. The Morgan fingerprint density at radius 3 is 2.65 bits per heavy atom. The molecule has 1 aromatic carbocycles. The summed E-state index contributed by atoms with van der Waals surface area (Å²) in [5.74, 6) is 0.785. The van der Waals surface area contributed by atoms with Crippen LogP contribution >= 0.6 is 0 Å². The van der Waals surface area contributed by atoms with Crippen molar-refractivity contribution >= 4 is 5.65 Å². The van der Waals surface area contributed by atoms with Crippen molar-refractivity contribution in [2.75, 3.05) is 0 Å². The van der Waals surface area contributed by atoms with Gasteiger partial charge in [-0.15, -0.1) is 4.52 Å². The summed E-state index contributed by atoms with van der Waals surface area (Å²) < 4.78 is 11.8. The molecule has 2 aromatic heterocycles. The van der Waals surface area contributed by atoms with E-state index in [1.807, 2.05) is 45.0 Å². The first kappa shape index (κ1) is 12.5. The van der Waals surface area contributed by atoms with E-state index in [4.69, 9.17) is 9.26 Å². The quantitative estimate of drug-likeness (QED) is 0.796. The van der Waals surface area contributed by atoms with Gasteiger partial charge in [-0.2, -0.15) is 10.3 Å². The third kappa shape index (κ3) is 1.99. The van der Waals surface area contributed by atoms with Gasteiger partial charge < -0.3 is 9.26 Å². The van der Waals surface area contributed by atoms with Crippen molar-refractivity contribution in [3.63, 3.8) is 0 Å². The maximum absolute atomic E-state index is 11.5. The molecule has 0 aliphatic heterocycles. The summed E-state index contributed by atoms with van der Waals surface area (Å²) in [6, 6.07) is 7.68. The number of ether oxygens (including phenoxy) is 1. The van der Waals surface area contributed by atoms with Crippen LogP contribution in [0.1, 0.15) is 31.0 Å². The second kappa shape index (κ2) is 4.56. The Labute approximate surface area is 114 Å². The largest absolute Gasteiger partial charge is 0.461 e. The molecule has 0 atom stereocenters. The van der Waals surface area contributed by atoms with E-state index in [9.17, 15) is 4.79 Å². The topological polar surface area (TPSA) is 72.5 Å². The van der Waals surface area contributed by atoms with Crippen LogP contribution in [-0.2, 0) is 0 Å². The summed E-state index contributed by atoms with van der Waals surface area (Å²) in [6.07, 6.45) is 0. The number of fused-ring (bicyclic) bond motifs is 1. The lowest BCUT2D eigenvalue weighted by atomic mass is 10.1. The zero-order chi connectivity index (χ0) is 14.3. The molecule has 3 aromatic rings. The monoisotopic (exact) mass is 273 g/mol. The maximum Gasteiger partial charge on any atom is 0.461 e. The van der Waals surface area contributed by atoms with Crippen LogP contribution in [-0.4, -0.2) is 14.8 Å². The molecule has 104 valence electrons. The molecular formula is C14H15N3O3. The van der Waals surface area contributed by atoms with Crippen molar-refractivity contribution in [1.29, 1.82) is 0 Å². The lowest BCUT2D eigenvalue weighted by Crippen LogP contribution is -2.06. The minimum atomic E-state index is -0.555. The number of hydrogen-bond donors (Lipinski definition) is 1. The molecule has 0 spiro atoms. The Morgan fingerprint density at radius 1 is 1.30 bits per heavy atom. The lowest BCUT2D eigenvalue weighted by Gasteiger charge is -2.07. The molecule has 2 heterocycles. The molecule has 0 aliphatic rings. The van der Waals surface area contributed by atoms with Crippen molar-refractivity contribution in [3.05, 3.63) is 46.1 Å². The first-order valence-corrected chi connectivity index (χ1v) is 6.41. The molecule has 0 aliphatic carbocycles. The number of aromatic amines is 1. The second-order valence-corrected chi connectivity index (χ2v) is 5.01. The van der Waals surface area contributed by atoms with E-state index in [0.29, 0.717) is 22.8 Å². The van der Waals surface area contributed by atoms with Gasteiger partial charge in [-0.25, -0.2) is 4.79 Å². The van der Waals surface area contributed by atoms with E-state index in [0.717, 1.165) is 5.56 Å². The number of aryl methyl sites for hydroxylation is 1. The Morgan fingerprint density at radius 2 is 2.00 bits per heavy atom. The third-order valence-electron chi connectivity index (χ3n) is 3.06. The van der Waals surface area contributed by atoms with Gasteiger partial charge in [0.25, 0.3) is 0 Å². The highest BCUT2D eigenvalue weighted by molar-refractivity contribution is 5.57. The number of benzene rings is 1. The molecule has 0 saturated heterocycles. The Bertz CT molecular complexity index is 793. The first-order chi connectivity index (χ1) is 9.56. The zero-order valence-corrected chi connectivity index (χ0v) is 11.5. The fourth-order valence-corrected chi connectivity index (χ4v) is 1.98. The minimum Gasteiger partial charge on any atom is -0.451 e. The second-order valence-electron chi connectivity index (χ2n) is 5.01. The molecule has 0 unspecified atom stereocenters. The van der Waals surface area contributed by atoms with E-state index in [2.05, 4.69) is 10.3 Å². The number of H-pyrrole nitrogens is 1. The van der Waals surface area contributed by atoms with Crippen LogP contribution in [0.4, 0.5) is 0 Å². The molecule has 0 bridgehead atoms. The van der Waals surface area contributed by atoms with Gasteiger partial charge in [-0.05, 0) is 19.1 Å². The van der Waals surface area contributed by atoms with E-state index in [1.54, 1.807) is 0 Å². The van der Waals surface area contributed by atoms with Gasteiger partial charge >= 0.3 is 5.76 Å². The van der Waals surface area contributed by atoms with E-state index in [-0.39, 0.29) is 5.92 Å². The Kier molecular flexibility index (Phi) is 2.85. The fourth-order valence-electron chi connectivity index (χ4n) is 1.98. The van der Waals surface area contributed by atoms with Gasteiger partial charge in [0.2, 0.25) is 5.65 Å². The summed E-state index contributed by atoms with van der Waals surface area (Å²) in [7, 11) is 0. The SMILES string of the molecule is Cc1ccc(Oc2c(C(C)C)nn3c(=O)o[nH]c23)cc1. The average Bonchev–Trinajstić information content (AvgIpc) is 2.94. The number of rotatable bonds is 3. The molecule has 20 heavy (non-hydrogen) atoms. The highest BCUT2D eigenvalue weighted by Gasteiger charge is 2.21. The normalized spacial score (nSPS) is 11.4. The predicted octanol–water partition coefficient (Wildman–Crippen LogP) is 2.84. The predicted molar refractivity (Wildman–Crippen MR) is 73.4 cm³/mol. The summed E-state index contributed by atoms with van der Waals surface area (Å²) in [6.45, 7) is 5.99. The fraction of sp³-hybridized carbons (Fsp3) is 0.286. The van der Waals surface area contributed by atoms with Crippen molar-refractivity contribution in [2.45, 2.75) is 26.7 Å². The van der Waals surface area contributed by atoms with Crippen LogP contribution in [0, 0.1) is 6.92 Å². The molecule has 0 saturated carbocycles. The molecule has 1 N–H and O–H groups in total. The number of aromatic nitrogens is 3. The summed E-state index contributed by atoms with van der Waals surface area (Å²) in [4.78, 5) is 11.5. The minimum absolute atomic E-state index is 0.128. The van der Waals surface area contributed by atoms with Gasteiger partial charge in [0.1, 0.15) is 11.4 Å². The van der Waals surface area contributed by atoms with Crippen LogP contribution in [0.3, 0.4) is 0 Å². The van der Waals surface area contributed by atoms with Gasteiger partial charge in [0.05, 0.1) is 0 Å². The Balaban J connectivity index is 2.11. The van der Waals surface area contributed by atoms with Crippen LogP contribution in [0.5, 0.6) is 11.5 Å². The molecule has 3 rings (SSSR count). The van der Waals surface area contributed by atoms with Crippen molar-refractivity contribution in [3.8, 4) is 11.5 Å². The lowest BCUT2D eigenvalue weighted by molar-refractivity contribution is 0.379. The van der Waals surface area contributed by atoms with Crippen LogP contribution < -0.4 is 10.5 Å². The molecule has 6 nitrogen and oxygen atoms in total. The van der Waals surface area contributed by atoms with Crippen molar-refractivity contribution in [2.24, 2.45) is 0 Å². The molecule has 0 fully saturated rings. The zero-order valence-electron chi connectivity index (χ0n) is 11.5. The van der Waals surface area contributed by atoms with E-state index < -0.39 is 5.76 Å². The van der Waals surface area contributed by atoms with Crippen LogP contribution in [0.25, 0.3) is 5.65 Å². The van der Waals surface area contributed by atoms with Gasteiger partial charge in [-0.3, -0.25) is 0 Å². The highest BCUT2D eigenvalue weighted by atomic mass is 16.5. The van der Waals surface area contributed by atoms with Crippen LogP contribution in [0.15, 0.2) is 33.6 Å². The summed E-state index contributed by atoms with van der Waals surface area (Å²) >= 11 is 0. The van der Waals surface area contributed by atoms with E-state index in [1.165, 1.54) is 4.52 Å². The first-order valence-electron chi connectivity index (χ1n) is 6.41. The maximum atomic E-state index is 11.5. The van der Waals surface area contributed by atoms with Crippen LogP contribution in [0.2, 0.25) is 0 Å². The average molecular weight is 273 g/mol. The number of nitrogens with zero attached hydrogens (tertiary/aromatic N) is 2. The van der Waals surface area contributed by atoms with Gasteiger partial charge in [0.15, 0.2) is 5.75 Å². The van der Waals surface area contributed by atoms with E-state index >= 15 is 0 Å². The smallest absolute Gasteiger partial charge is 0.451 e. The Hall–Kier alpha value is -2.50. The summed E-state index contributed by atoms with van der Waals surface area (Å²) in [5, 5.41) is 6.79. The third-order valence-corrected chi connectivity index (χ3v) is 3.06. The van der Waals surface area contributed by atoms with Gasteiger partial charge in [0, 0.05) is 5.92 Å². The molecule has 0 radical (unpaired) electrons. The van der Waals surface area contributed by atoms with Crippen molar-refractivity contribution < 1.29 is 9.26 Å².